The summed E-state index contributed by atoms with van der Waals surface area (Å²) in [5.41, 5.74) is 0.783. The summed E-state index contributed by atoms with van der Waals surface area (Å²) in [5, 5.41) is 5.25. The summed E-state index contributed by atoms with van der Waals surface area (Å²) in [5.74, 6) is 1.21. The summed E-state index contributed by atoms with van der Waals surface area (Å²) in [6.07, 6.45) is 1.58. The molecule has 1 heterocycles. The van der Waals surface area contributed by atoms with Crippen LogP contribution in [0, 0.1) is 0 Å². The first-order chi connectivity index (χ1) is 9.74. The largest absolute Gasteiger partial charge is 0.452 e. The van der Waals surface area contributed by atoms with Crippen LogP contribution in [0.1, 0.15) is 0 Å². The Kier molecular flexibility index (Phi) is 3.63. The maximum atomic E-state index is 6.29. The molecule has 0 radical (unpaired) electrons. The summed E-state index contributed by atoms with van der Waals surface area (Å²) in [6, 6.07) is 16.7. The van der Waals surface area contributed by atoms with Gasteiger partial charge in [0.25, 0.3) is 0 Å². The highest BCUT2D eigenvalue weighted by molar-refractivity contribution is 6.31. The first-order valence-corrected chi connectivity index (χ1v) is 6.72. The van der Waals surface area contributed by atoms with E-state index >= 15 is 0 Å². The van der Waals surface area contributed by atoms with Crippen molar-refractivity contribution in [1.29, 1.82) is 0 Å². The van der Waals surface area contributed by atoms with Crippen LogP contribution in [0.15, 0.2) is 60.8 Å². The molecule has 0 spiro atoms. The Labute approximate surface area is 126 Å². The predicted molar refractivity (Wildman–Crippen MR) is 80.1 cm³/mol. The lowest BCUT2D eigenvalue weighted by atomic mass is 10.3. The molecule has 3 rings (SSSR count). The van der Waals surface area contributed by atoms with E-state index in [2.05, 4.69) is 5.10 Å². The minimum atomic E-state index is 0.399. The summed E-state index contributed by atoms with van der Waals surface area (Å²) in [6.45, 7) is 0. The van der Waals surface area contributed by atoms with Crippen LogP contribution in [-0.4, -0.2) is 9.78 Å². The van der Waals surface area contributed by atoms with Crippen LogP contribution in [-0.2, 0) is 0 Å². The number of rotatable bonds is 3. The van der Waals surface area contributed by atoms with E-state index in [1.807, 2.05) is 42.5 Å². The fourth-order valence-electron chi connectivity index (χ4n) is 1.79. The monoisotopic (exact) mass is 304 g/mol. The quantitative estimate of drug-likeness (QED) is 0.683. The second-order valence-corrected chi connectivity index (χ2v) is 4.90. The average molecular weight is 305 g/mol. The van der Waals surface area contributed by atoms with Gasteiger partial charge in [-0.2, -0.15) is 5.10 Å². The number of halogens is 2. The number of hydrogen-bond acceptors (Lipinski definition) is 2. The van der Waals surface area contributed by atoms with E-state index in [0.29, 0.717) is 21.7 Å². The number of para-hydroxylation sites is 1. The maximum absolute atomic E-state index is 6.29. The number of benzene rings is 2. The lowest BCUT2D eigenvalue weighted by molar-refractivity contribution is 0.483. The van der Waals surface area contributed by atoms with E-state index in [9.17, 15) is 0 Å². The molecule has 0 amide bonds. The van der Waals surface area contributed by atoms with E-state index in [-0.39, 0.29) is 0 Å². The molecule has 0 bridgehead atoms. The number of aromatic nitrogens is 2. The second-order valence-electron chi connectivity index (χ2n) is 4.11. The van der Waals surface area contributed by atoms with Crippen LogP contribution in [0.25, 0.3) is 5.69 Å². The fourth-order valence-corrected chi connectivity index (χ4v) is 2.20. The van der Waals surface area contributed by atoms with Crippen LogP contribution in [0.2, 0.25) is 10.2 Å². The van der Waals surface area contributed by atoms with Gasteiger partial charge in [-0.1, -0.05) is 47.5 Å². The van der Waals surface area contributed by atoms with Crippen molar-refractivity contribution in [2.24, 2.45) is 0 Å². The van der Waals surface area contributed by atoms with Crippen LogP contribution < -0.4 is 4.74 Å². The smallest absolute Gasteiger partial charge is 0.184 e. The molecule has 0 aliphatic heterocycles. The zero-order chi connectivity index (χ0) is 13.9. The van der Waals surface area contributed by atoms with E-state index < -0.39 is 0 Å². The molecule has 100 valence electrons. The molecule has 5 heteroatoms. The van der Waals surface area contributed by atoms with Crippen molar-refractivity contribution in [3.05, 3.63) is 71.0 Å². The van der Waals surface area contributed by atoms with Crippen molar-refractivity contribution in [2.45, 2.75) is 0 Å². The molecule has 0 fully saturated rings. The number of ether oxygens (including phenoxy) is 1. The molecular weight excluding hydrogens is 295 g/mol. The molecule has 0 N–H and O–H groups in total. The molecule has 0 saturated carbocycles. The van der Waals surface area contributed by atoms with Gasteiger partial charge in [0.15, 0.2) is 10.9 Å². The van der Waals surface area contributed by atoms with Crippen molar-refractivity contribution in [1.82, 2.24) is 9.78 Å². The van der Waals surface area contributed by atoms with Crippen LogP contribution in [0.3, 0.4) is 0 Å². The molecule has 1 aromatic heterocycles. The molecule has 0 aliphatic rings. The standard InChI is InChI=1S/C15H10Cl2N2O/c16-11-5-4-6-12(9-11)19-15(17)14(10-18-19)20-13-7-2-1-3-8-13/h1-10H. The van der Waals surface area contributed by atoms with Gasteiger partial charge in [0.05, 0.1) is 11.9 Å². The molecule has 20 heavy (non-hydrogen) atoms. The molecular formula is C15H10Cl2N2O. The first-order valence-electron chi connectivity index (χ1n) is 5.96. The highest BCUT2D eigenvalue weighted by atomic mass is 35.5. The Hall–Kier alpha value is -1.97. The highest BCUT2D eigenvalue weighted by Crippen LogP contribution is 2.31. The molecule has 3 aromatic rings. The minimum Gasteiger partial charge on any atom is -0.452 e. The Morgan fingerprint density at radius 1 is 0.950 bits per heavy atom. The van der Waals surface area contributed by atoms with Gasteiger partial charge < -0.3 is 4.74 Å². The summed E-state index contributed by atoms with van der Waals surface area (Å²) in [4.78, 5) is 0. The SMILES string of the molecule is Clc1cccc(-n2ncc(Oc3ccccc3)c2Cl)c1. The van der Waals surface area contributed by atoms with E-state index in [1.165, 1.54) is 0 Å². The van der Waals surface area contributed by atoms with Gasteiger partial charge in [-0.15, -0.1) is 0 Å². The van der Waals surface area contributed by atoms with Crippen molar-refractivity contribution in [3.8, 4) is 17.2 Å². The van der Waals surface area contributed by atoms with Crippen LogP contribution in [0.5, 0.6) is 11.5 Å². The molecule has 0 saturated heterocycles. The lowest BCUT2D eigenvalue weighted by Gasteiger charge is -2.05. The Balaban J connectivity index is 1.93. The van der Waals surface area contributed by atoms with Crippen molar-refractivity contribution >= 4 is 23.2 Å². The zero-order valence-corrected chi connectivity index (χ0v) is 11.8. The topological polar surface area (TPSA) is 27.1 Å². The number of hydrogen-bond donors (Lipinski definition) is 0. The van der Waals surface area contributed by atoms with Gasteiger partial charge in [-0.25, -0.2) is 4.68 Å². The maximum Gasteiger partial charge on any atom is 0.184 e. The molecule has 0 aliphatic carbocycles. The van der Waals surface area contributed by atoms with Crippen molar-refractivity contribution < 1.29 is 4.74 Å². The molecule has 0 atom stereocenters. The van der Waals surface area contributed by atoms with Crippen LogP contribution in [0.4, 0.5) is 0 Å². The van der Waals surface area contributed by atoms with Crippen molar-refractivity contribution in [2.75, 3.05) is 0 Å². The normalized spacial score (nSPS) is 10.5. The summed E-state index contributed by atoms with van der Waals surface area (Å²) >= 11 is 12.3. The third-order valence-corrected chi connectivity index (χ3v) is 3.28. The summed E-state index contributed by atoms with van der Waals surface area (Å²) < 4.78 is 7.27. The Morgan fingerprint density at radius 2 is 1.75 bits per heavy atom. The predicted octanol–water partition coefficient (Wildman–Crippen LogP) is 4.97. The Bertz CT molecular complexity index is 726. The van der Waals surface area contributed by atoms with E-state index in [1.54, 1.807) is 23.0 Å². The Morgan fingerprint density at radius 3 is 2.50 bits per heavy atom. The zero-order valence-electron chi connectivity index (χ0n) is 10.3. The van der Waals surface area contributed by atoms with Gasteiger partial charge in [0.2, 0.25) is 0 Å². The van der Waals surface area contributed by atoms with Crippen LogP contribution >= 0.6 is 23.2 Å². The van der Waals surface area contributed by atoms with Gasteiger partial charge in [-0.3, -0.25) is 0 Å². The third kappa shape index (κ3) is 2.64. The number of nitrogens with zero attached hydrogens (tertiary/aromatic N) is 2. The molecule has 0 unspecified atom stereocenters. The van der Waals surface area contributed by atoms with E-state index in [0.717, 1.165) is 5.69 Å². The molecule has 3 nitrogen and oxygen atoms in total. The average Bonchev–Trinajstić information content (AvgIpc) is 2.81. The lowest BCUT2D eigenvalue weighted by Crippen LogP contribution is -1.95. The third-order valence-electron chi connectivity index (χ3n) is 2.70. The highest BCUT2D eigenvalue weighted by Gasteiger charge is 2.12. The van der Waals surface area contributed by atoms with Crippen molar-refractivity contribution in [3.63, 3.8) is 0 Å². The molecule has 2 aromatic carbocycles. The van der Waals surface area contributed by atoms with E-state index in [4.69, 9.17) is 27.9 Å². The van der Waals surface area contributed by atoms with Gasteiger partial charge in [-0.05, 0) is 30.3 Å². The van der Waals surface area contributed by atoms with Gasteiger partial charge in [0, 0.05) is 5.02 Å². The first kappa shape index (κ1) is 13.0. The van der Waals surface area contributed by atoms with Gasteiger partial charge in [0.1, 0.15) is 5.75 Å². The van der Waals surface area contributed by atoms with Gasteiger partial charge >= 0.3 is 0 Å². The summed E-state index contributed by atoms with van der Waals surface area (Å²) in [7, 11) is 0. The second kappa shape index (κ2) is 5.57. The minimum absolute atomic E-state index is 0.399. The fraction of sp³-hybridized carbons (Fsp3) is 0.